The lowest BCUT2D eigenvalue weighted by molar-refractivity contribution is 0.189. The van der Waals surface area contributed by atoms with Crippen molar-refractivity contribution in [3.8, 4) is 0 Å². The van der Waals surface area contributed by atoms with Crippen LogP contribution in [0.1, 0.15) is 44.7 Å². The lowest BCUT2D eigenvalue weighted by Crippen LogP contribution is -2.32. The number of rotatable bonds is 11. The van der Waals surface area contributed by atoms with Gasteiger partial charge in [-0.25, -0.2) is 0 Å². The number of hydrogen-bond acceptors (Lipinski definition) is 3. The molecule has 1 aromatic rings. The molecular weight excluding hydrogens is 328 g/mol. The topological polar surface area (TPSA) is 35.5 Å². The van der Waals surface area contributed by atoms with Gasteiger partial charge in [-0.15, -0.1) is 0 Å². The minimum atomic E-state index is 0.241. The van der Waals surface area contributed by atoms with Crippen LogP contribution in [0.15, 0.2) is 28.7 Å². The largest absolute Gasteiger partial charge is 0.395 e. The van der Waals surface area contributed by atoms with Crippen molar-refractivity contribution in [2.75, 3.05) is 32.8 Å². The molecule has 21 heavy (non-hydrogen) atoms. The molecule has 1 aromatic carbocycles. The molecule has 0 saturated carbocycles. The molecule has 0 heterocycles. The number of aliphatic hydroxyl groups is 1. The van der Waals surface area contributed by atoms with Crippen molar-refractivity contribution < 1.29 is 5.11 Å². The van der Waals surface area contributed by atoms with E-state index in [9.17, 15) is 0 Å². The van der Waals surface area contributed by atoms with E-state index in [2.05, 4.69) is 64.3 Å². The molecule has 0 fully saturated rings. The highest BCUT2D eigenvalue weighted by atomic mass is 79.9. The summed E-state index contributed by atoms with van der Waals surface area (Å²) in [6, 6.07) is 8.97. The van der Waals surface area contributed by atoms with Gasteiger partial charge in [0.1, 0.15) is 0 Å². The van der Waals surface area contributed by atoms with Crippen molar-refractivity contribution in [1.82, 2.24) is 10.2 Å². The van der Waals surface area contributed by atoms with Gasteiger partial charge < -0.3 is 15.3 Å². The third kappa shape index (κ3) is 7.41. The lowest BCUT2D eigenvalue weighted by atomic mass is 10.0. The molecule has 0 bridgehead atoms. The Morgan fingerprint density at radius 1 is 1.10 bits per heavy atom. The highest BCUT2D eigenvalue weighted by Gasteiger charge is 2.12. The molecular formula is C17H29BrN2O. The number of halogens is 1. The Balaban J connectivity index is 2.62. The summed E-state index contributed by atoms with van der Waals surface area (Å²) in [5.41, 5.74) is 1.34. The highest BCUT2D eigenvalue weighted by Crippen LogP contribution is 2.20. The van der Waals surface area contributed by atoms with Gasteiger partial charge in [0.2, 0.25) is 0 Å². The standard InChI is InChI=1S/C17H29BrN2O/c1-3-10-19-17(15-5-7-16(18)8-6-15)9-12-20(11-4-2)13-14-21/h5-8,17,19,21H,3-4,9-14H2,1-2H3. The van der Waals surface area contributed by atoms with Crippen molar-refractivity contribution in [1.29, 1.82) is 0 Å². The molecule has 1 atom stereocenters. The van der Waals surface area contributed by atoms with Crippen LogP contribution in [0.5, 0.6) is 0 Å². The zero-order valence-corrected chi connectivity index (χ0v) is 14.9. The van der Waals surface area contributed by atoms with E-state index in [0.717, 1.165) is 49.9 Å². The number of aliphatic hydroxyl groups excluding tert-OH is 1. The van der Waals surface area contributed by atoms with Crippen LogP contribution in [0.4, 0.5) is 0 Å². The second-order valence-electron chi connectivity index (χ2n) is 5.41. The van der Waals surface area contributed by atoms with Gasteiger partial charge in [0.15, 0.2) is 0 Å². The summed E-state index contributed by atoms with van der Waals surface area (Å²) in [5.74, 6) is 0. The fourth-order valence-corrected chi connectivity index (χ4v) is 2.77. The van der Waals surface area contributed by atoms with E-state index in [-0.39, 0.29) is 6.61 Å². The van der Waals surface area contributed by atoms with Crippen LogP contribution in [-0.2, 0) is 0 Å². The average Bonchev–Trinajstić information content (AvgIpc) is 2.49. The molecule has 0 saturated heterocycles. The van der Waals surface area contributed by atoms with Crippen molar-refractivity contribution in [2.45, 2.75) is 39.2 Å². The molecule has 0 radical (unpaired) electrons. The zero-order valence-electron chi connectivity index (χ0n) is 13.3. The van der Waals surface area contributed by atoms with Gasteiger partial charge in [0.05, 0.1) is 6.61 Å². The maximum absolute atomic E-state index is 9.16. The molecule has 4 heteroatoms. The van der Waals surface area contributed by atoms with Crippen molar-refractivity contribution in [3.05, 3.63) is 34.3 Å². The van der Waals surface area contributed by atoms with Crippen LogP contribution in [0.2, 0.25) is 0 Å². The monoisotopic (exact) mass is 356 g/mol. The minimum absolute atomic E-state index is 0.241. The summed E-state index contributed by atoms with van der Waals surface area (Å²) in [4.78, 5) is 2.35. The summed E-state index contributed by atoms with van der Waals surface area (Å²) < 4.78 is 1.12. The third-order valence-corrected chi connectivity index (χ3v) is 4.13. The first-order valence-corrected chi connectivity index (χ1v) is 8.82. The van der Waals surface area contributed by atoms with Gasteiger partial charge >= 0.3 is 0 Å². The zero-order chi connectivity index (χ0) is 15.5. The Morgan fingerprint density at radius 3 is 2.38 bits per heavy atom. The Kier molecular flexibility index (Phi) is 9.92. The van der Waals surface area contributed by atoms with Crippen LogP contribution >= 0.6 is 15.9 Å². The van der Waals surface area contributed by atoms with Gasteiger partial charge in [0.25, 0.3) is 0 Å². The van der Waals surface area contributed by atoms with E-state index in [4.69, 9.17) is 5.11 Å². The van der Waals surface area contributed by atoms with E-state index in [1.54, 1.807) is 0 Å². The maximum Gasteiger partial charge on any atom is 0.0558 e. The van der Waals surface area contributed by atoms with Crippen LogP contribution < -0.4 is 5.32 Å². The van der Waals surface area contributed by atoms with Crippen LogP contribution in [0.3, 0.4) is 0 Å². The molecule has 2 N–H and O–H groups in total. The quantitative estimate of drug-likeness (QED) is 0.635. The van der Waals surface area contributed by atoms with Crippen molar-refractivity contribution in [3.63, 3.8) is 0 Å². The lowest BCUT2D eigenvalue weighted by Gasteiger charge is -2.25. The highest BCUT2D eigenvalue weighted by molar-refractivity contribution is 9.10. The van der Waals surface area contributed by atoms with E-state index in [0.29, 0.717) is 6.04 Å². The van der Waals surface area contributed by atoms with Crippen molar-refractivity contribution in [2.24, 2.45) is 0 Å². The van der Waals surface area contributed by atoms with Gasteiger partial charge in [-0.05, 0) is 50.0 Å². The Hall–Kier alpha value is -0.420. The fraction of sp³-hybridized carbons (Fsp3) is 0.647. The van der Waals surface area contributed by atoms with Gasteiger partial charge in [-0.2, -0.15) is 0 Å². The predicted molar refractivity (Wildman–Crippen MR) is 93.6 cm³/mol. The molecule has 1 unspecified atom stereocenters. The summed E-state index contributed by atoms with van der Waals surface area (Å²) in [7, 11) is 0. The predicted octanol–water partition coefficient (Wildman–Crippen LogP) is 3.58. The Labute approximate surface area is 137 Å². The minimum Gasteiger partial charge on any atom is -0.395 e. The molecule has 0 aliphatic heterocycles. The molecule has 1 rings (SSSR count). The molecule has 0 spiro atoms. The molecule has 0 aromatic heterocycles. The Morgan fingerprint density at radius 2 is 1.81 bits per heavy atom. The number of hydrogen-bond donors (Lipinski definition) is 2. The molecule has 0 amide bonds. The van der Waals surface area contributed by atoms with E-state index >= 15 is 0 Å². The normalized spacial score (nSPS) is 12.8. The first-order valence-electron chi connectivity index (χ1n) is 8.03. The van der Waals surface area contributed by atoms with Crippen LogP contribution in [0, 0.1) is 0 Å². The van der Waals surface area contributed by atoms with Gasteiger partial charge in [-0.1, -0.05) is 41.9 Å². The van der Waals surface area contributed by atoms with Crippen molar-refractivity contribution >= 4 is 15.9 Å². The van der Waals surface area contributed by atoms with Crippen LogP contribution in [0.25, 0.3) is 0 Å². The first-order chi connectivity index (χ1) is 10.2. The van der Waals surface area contributed by atoms with E-state index in [1.165, 1.54) is 5.56 Å². The first kappa shape index (κ1) is 18.6. The van der Waals surface area contributed by atoms with E-state index < -0.39 is 0 Å². The smallest absolute Gasteiger partial charge is 0.0558 e. The summed E-state index contributed by atoms with van der Waals surface area (Å²) in [5, 5.41) is 12.8. The molecule has 120 valence electrons. The second kappa shape index (κ2) is 11.2. The molecule has 3 nitrogen and oxygen atoms in total. The number of nitrogens with zero attached hydrogens (tertiary/aromatic N) is 1. The SMILES string of the molecule is CCCNC(CCN(CCC)CCO)c1ccc(Br)cc1. The maximum atomic E-state index is 9.16. The van der Waals surface area contributed by atoms with Gasteiger partial charge in [-0.3, -0.25) is 0 Å². The third-order valence-electron chi connectivity index (χ3n) is 3.60. The fourth-order valence-electron chi connectivity index (χ4n) is 2.50. The molecule has 0 aliphatic carbocycles. The summed E-state index contributed by atoms with van der Waals surface area (Å²) in [6.07, 6.45) is 3.34. The second-order valence-corrected chi connectivity index (χ2v) is 6.33. The average molecular weight is 357 g/mol. The number of nitrogens with one attached hydrogen (secondary N) is 1. The van der Waals surface area contributed by atoms with E-state index in [1.807, 2.05) is 0 Å². The summed E-state index contributed by atoms with van der Waals surface area (Å²) in [6.45, 7) is 8.51. The molecule has 0 aliphatic rings. The van der Waals surface area contributed by atoms with Gasteiger partial charge in [0, 0.05) is 23.6 Å². The summed E-state index contributed by atoms with van der Waals surface area (Å²) >= 11 is 3.49. The Bertz CT molecular complexity index is 364. The number of benzene rings is 1. The van der Waals surface area contributed by atoms with Crippen LogP contribution in [-0.4, -0.2) is 42.8 Å².